The molecule has 0 radical (unpaired) electrons. The molecule has 0 amide bonds. The van der Waals surface area contributed by atoms with Crippen LogP contribution < -0.4 is 10.5 Å². The first-order chi connectivity index (χ1) is 13.1. The van der Waals surface area contributed by atoms with E-state index in [2.05, 4.69) is 0 Å². The molecule has 8 nitrogen and oxygen atoms in total. The van der Waals surface area contributed by atoms with Crippen molar-refractivity contribution in [2.75, 3.05) is 26.3 Å². The van der Waals surface area contributed by atoms with Crippen molar-refractivity contribution in [2.24, 2.45) is 5.73 Å². The van der Waals surface area contributed by atoms with Crippen molar-refractivity contribution >= 4 is 16.1 Å². The Hall–Kier alpha value is -1.96. The zero-order chi connectivity index (χ0) is 20.9. The molecule has 0 aromatic heterocycles. The molecule has 1 aromatic rings. The van der Waals surface area contributed by atoms with E-state index in [0.29, 0.717) is 18.6 Å². The van der Waals surface area contributed by atoms with Crippen LogP contribution in [0.15, 0.2) is 17.5 Å². The Labute approximate surface area is 165 Å². The number of hydrogen-bond acceptors (Lipinski definition) is 7. The number of nitrogens with two attached hydrogens (primary N) is 1. The first kappa shape index (κ1) is 22.3. The minimum absolute atomic E-state index is 0.0285. The Morgan fingerprint density at radius 2 is 1.93 bits per heavy atom. The first-order valence-electron chi connectivity index (χ1n) is 9.01. The van der Waals surface area contributed by atoms with Crippen LogP contribution >= 0.6 is 0 Å². The van der Waals surface area contributed by atoms with Gasteiger partial charge in [-0.25, -0.2) is 8.42 Å². The van der Waals surface area contributed by atoms with Gasteiger partial charge in [0, 0.05) is 18.5 Å². The average Bonchev–Trinajstić information content (AvgIpc) is 2.65. The van der Waals surface area contributed by atoms with Crippen LogP contribution in [0.25, 0.3) is 6.08 Å². The van der Waals surface area contributed by atoms with Crippen molar-refractivity contribution in [1.29, 1.82) is 5.26 Å². The van der Waals surface area contributed by atoms with Crippen molar-refractivity contribution in [3.05, 3.63) is 34.2 Å². The summed E-state index contributed by atoms with van der Waals surface area (Å²) in [6.07, 6.45) is 1.21. The second kappa shape index (κ2) is 9.03. The molecular formula is C19H27N3O5S. The Kier molecular flexibility index (Phi) is 7.20. The SMILES string of the molecule is Cc1cc(OC[C@H](O)CO)cc(C)c1C=CS(=O)(=O)N1CCC(N)(C#N)CC1. The molecule has 0 saturated carbocycles. The second-order valence-corrected chi connectivity index (χ2v) is 8.95. The predicted molar refractivity (Wildman–Crippen MR) is 106 cm³/mol. The molecule has 1 atom stereocenters. The fraction of sp³-hybridized carbons (Fsp3) is 0.526. The van der Waals surface area contributed by atoms with Crippen molar-refractivity contribution in [2.45, 2.75) is 38.3 Å². The topological polar surface area (TPSA) is 137 Å². The third kappa shape index (κ3) is 5.53. The van der Waals surface area contributed by atoms with Crippen molar-refractivity contribution < 1.29 is 23.4 Å². The van der Waals surface area contributed by atoms with Gasteiger partial charge in [0.1, 0.15) is 24.0 Å². The third-order valence-electron chi connectivity index (χ3n) is 4.82. The lowest BCUT2D eigenvalue weighted by atomic mass is 9.91. The zero-order valence-corrected chi connectivity index (χ0v) is 16.9. The Morgan fingerprint density at radius 1 is 1.36 bits per heavy atom. The smallest absolute Gasteiger partial charge is 0.236 e. The van der Waals surface area contributed by atoms with Gasteiger partial charge >= 0.3 is 0 Å². The molecule has 1 fully saturated rings. The maximum atomic E-state index is 12.6. The summed E-state index contributed by atoms with van der Waals surface area (Å²) in [6, 6.07) is 5.55. The summed E-state index contributed by atoms with van der Waals surface area (Å²) in [7, 11) is -3.61. The van der Waals surface area contributed by atoms with Crippen molar-refractivity contribution in [3.63, 3.8) is 0 Å². The van der Waals surface area contributed by atoms with Gasteiger partial charge in [0.25, 0.3) is 0 Å². The van der Waals surface area contributed by atoms with E-state index < -0.39 is 21.7 Å². The van der Waals surface area contributed by atoms with E-state index in [9.17, 15) is 13.5 Å². The van der Waals surface area contributed by atoms with Crippen LogP contribution in [-0.4, -0.2) is 60.9 Å². The molecule has 1 aliphatic rings. The molecule has 1 saturated heterocycles. The van der Waals surface area contributed by atoms with Gasteiger partial charge in [0.15, 0.2) is 0 Å². The lowest BCUT2D eigenvalue weighted by molar-refractivity contribution is 0.0536. The average molecular weight is 410 g/mol. The fourth-order valence-electron chi connectivity index (χ4n) is 3.02. The monoisotopic (exact) mass is 409 g/mol. The molecule has 154 valence electrons. The standard InChI is InChI=1S/C19H27N3O5S/c1-14-9-17(27-12-16(24)11-23)10-15(2)18(14)3-8-28(25,26)22-6-4-19(21,13-20)5-7-22/h3,8-10,16,23-24H,4-7,11-12,21H2,1-2H3/t16-/m1/s1. The molecule has 4 N–H and O–H groups in total. The van der Waals surface area contributed by atoms with E-state index in [-0.39, 0.29) is 26.3 Å². The van der Waals surface area contributed by atoms with Crippen LogP contribution in [0.5, 0.6) is 5.75 Å². The molecule has 0 bridgehead atoms. The van der Waals surface area contributed by atoms with E-state index >= 15 is 0 Å². The number of piperidine rings is 1. The zero-order valence-electron chi connectivity index (χ0n) is 16.1. The number of nitrogens with zero attached hydrogens (tertiary/aromatic N) is 2. The summed E-state index contributed by atoms with van der Waals surface area (Å²) in [4.78, 5) is 0. The highest BCUT2D eigenvalue weighted by Crippen LogP contribution is 2.25. The summed E-state index contributed by atoms with van der Waals surface area (Å²) in [5.74, 6) is 0.536. The van der Waals surface area contributed by atoms with Crippen LogP contribution in [0.3, 0.4) is 0 Å². The van der Waals surface area contributed by atoms with Crippen molar-refractivity contribution in [3.8, 4) is 11.8 Å². The summed E-state index contributed by atoms with van der Waals surface area (Å²) >= 11 is 0. The highest BCUT2D eigenvalue weighted by Gasteiger charge is 2.34. The van der Waals surface area contributed by atoms with Gasteiger partial charge in [0.05, 0.1) is 12.7 Å². The number of aliphatic hydroxyl groups is 2. The van der Waals surface area contributed by atoms with Crippen LogP contribution in [0.1, 0.15) is 29.5 Å². The summed E-state index contributed by atoms with van der Waals surface area (Å²) in [6.45, 7) is 3.70. The Morgan fingerprint density at radius 3 is 2.43 bits per heavy atom. The molecule has 1 heterocycles. The highest BCUT2D eigenvalue weighted by molar-refractivity contribution is 7.92. The van der Waals surface area contributed by atoms with E-state index in [4.69, 9.17) is 20.8 Å². The quantitative estimate of drug-likeness (QED) is 0.601. The summed E-state index contributed by atoms with van der Waals surface area (Å²) in [5.41, 5.74) is 7.35. The van der Waals surface area contributed by atoms with Crippen LogP contribution in [0.4, 0.5) is 0 Å². The number of nitriles is 1. The number of hydrogen-bond donors (Lipinski definition) is 3. The third-order valence-corrected chi connectivity index (χ3v) is 6.39. The van der Waals surface area contributed by atoms with Gasteiger partial charge < -0.3 is 20.7 Å². The number of aliphatic hydroxyl groups excluding tert-OH is 2. The molecular weight excluding hydrogens is 382 g/mol. The summed E-state index contributed by atoms with van der Waals surface area (Å²) in [5, 5.41) is 28.5. The van der Waals surface area contributed by atoms with E-state index in [1.54, 1.807) is 18.2 Å². The van der Waals surface area contributed by atoms with Crippen LogP contribution in [0.2, 0.25) is 0 Å². The molecule has 28 heavy (non-hydrogen) atoms. The number of sulfonamides is 1. The van der Waals surface area contributed by atoms with Gasteiger partial charge in [-0.3, -0.25) is 0 Å². The largest absolute Gasteiger partial charge is 0.491 e. The first-order valence-corrected chi connectivity index (χ1v) is 10.5. The minimum atomic E-state index is -3.61. The van der Waals surface area contributed by atoms with Gasteiger partial charge in [0.2, 0.25) is 10.0 Å². The molecule has 2 rings (SSSR count). The second-order valence-electron chi connectivity index (χ2n) is 7.13. The molecule has 0 unspecified atom stereocenters. The Balaban J connectivity index is 2.12. The number of rotatable bonds is 7. The van der Waals surface area contributed by atoms with Crippen molar-refractivity contribution in [1.82, 2.24) is 4.31 Å². The van der Waals surface area contributed by atoms with Gasteiger partial charge in [-0.1, -0.05) is 0 Å². The highest BCUT2D eigenvalue weighted by atomic mass is 32.2. The lowest BCUT2D eigenvalue weighted by Gasteiger charge is -2.33. The maximum Gasteiger partial charge on any atom is 0.236 e. The van der Waals surface area contributed by atoms with E-state index in [1.807, 2.05) is 19.9 Å². The van der Waals surface area contributed by atoms with E-state index in [1.165, 1.54) is 9.71 Å². The summed E-state index contributed by atoms with van der Waals surface area (Å²) < 4.78 is 32.0. The number of ether oxygens (including phenoxy) is 1. The molecule has 9 heteroatoms. The van der Waals surface area contributed by atoms with E-state index in [0.717, 1.165) is 16.7 Å². The maximum absolute atomic E-state index is 12.6. The fourth-order valence-corrected chi connectivity index (χ4v) is 4.19. The number of benzene rings is 1. The lowest BCUT2D eigenvalue weighted by Crippen LogP contribution is -2.50. The normalized spacial score (nSPS) is 18.7. The minimum Gasteiger partial charge on any atom is -0.491 e. The Bertz CT molecular complexity index is 845. The van der Waals surface area contributed by atoms with Gasteiger partial charge in [-0.15, -0.1) is 0 Å². The van der Waals surface area contributed by atoms with Gasteiger partial charge in [-0.2, -0.15) is 9.57 Å². The number of aryl methyl sites for hydroxylation is 2. The van der Waals surface area contributed by atoms with Gasteiger partial charge in [-0.05, 0) is 61.6 Å². The predicted octanol–water partition coefficient (Wildman–Crippen LogP) is 0.653. The van der Waals surface area contributed by atoms with Crippen LogP contribution in [0, 0.1) is 25.2 Å². The molecule has 1 aromatic carbocycles. The van der Waals surface area contributed by atoms with Crippen LogP contribution in [-0.2, 0) is 10.0 Å². The molecule has 0 aliphatic carbocycles. The molecule has 0 spiro atoms. The molecule has 1 aliphatic heterocycles.